The first-order chi connectivity index (χ1) is 14.3. The largest absolute Gasteiger partial charge is 0.355 e. The molecule has 2 aliphatic rings. The first kappa shape index (κ1) is 20.2. The Morgan fingerprint density at radius 3 is 1.33 bits per heavy atom. The van der Waals surface area contributed by atoms with Crippen LogP contribution in [0.5, 0.6) is 0 Å². The minimum absolute atomic E-state index is 0. The van der Waals surface area contributed by atoms with Gasteiger partial charge in [0, 0.05) is 41.9 Å². The van der Waals surface area contributed by atoms with Gasteiger partial charge in [-0.1, -0.05) is 12.1 Å². The van der Waals surface area contributed by atoms with Crippen molar-refractivity contribution in [1.82, 2.24) is 19.9 Å². The average molecular weight is 464 g/mol. The number of H-pyrrole nitrogens is 2. The van der Waals surface area contributed by atoms with Gasteiger partial charge in [-0.3, -0.25) is 0 Å². The summed E-state index contributed by atoms with van der Waals surface area (Å²) >= 11 is 1.71. The van der Waals surface area contributed by atoms with Crippen LogP contribution in [-0.4, -0.2) is 39.7 Å². The van der Waals surface area contributed by atoms with Gasteiger partial charge in [0.15, 0.2) is 0 Å². The van der Waals surface area contributed by atoms with E-state index in [4.69, 9.17) is 0 Å². The maximum atomic E-state index is 4.62. The third-order valence-electron chi connectivity index (χ3n) is 4.47. The minimum atomic E-state index is 0. The van der Waals surface area contributed by atoms with Crippen molar-refractivity contribution in [2.24, 2.45) is 0 Å². The van der Waals surface area contributed by atoms with Crippen molar-refractivity contribution in [1.29, 1.82) is 0 Å². The molecular formula is C24H18GaN4S. The SMILES string of the molecule is C1=Cc2cc3ccc(cc4ccc(cc5nc(cc1n2)C=C5)[nH]4)[nH]3.[Ga].c1ccsc1. The smallest absolute Gasteiger partial charge is 0.0659 e. The van der Waals surface area contributed by atoms with Gasteiger partial charge in [0.2, 0.25) is 0 Å². The summed E-state index contributed by atoms with van der Waals surface area (Å²) in [4.78, 5) is 16.0. The molecule has 0 fully saturated rings. The van der Waals surface area contributed by atoms with Crippen molar-refractivity contribution in [3.8, 4) is 0 Å². The second kappa shape index (κ2) is 9.17. The molecule has 4 nitrogen and oxygen atoms in total. The maximum absolute atomic E-state index is 4.62. The van der Waals surface area contributed by atoms with Crippen LogP contribution in [0, 0.1) is 0 Å². The van der Waals surface area contributed by atoms with E-state index in [2.05, 4.69) is 50.3 Å². The van der Waals surface area contributed by atoms with E-state index in [0.29, 0.717) is 0 Å². The van der Waals surface area contributed by atoms with E-state index >= 15 is 0 Å². The van der Waals surface area contributed by atoms with Crippen LogP contribution in [0.25, 0.3) is 46.4 Å². The van der Waals surface area contributed by atoms with Crippen molar-refractivity contribution in [2.75, 3.05) is 0 Å². The number of hydrogen-bond acceptors (Lipinski definition) is 3. The molecule has 6 rings (SSSR count). The zero-order valence-corrected chi connectivity index (χ0v) is 19.4. The van der Waals surface area contributed by atoms with E-state index in [1.165, 1.54) is 0 Å². The fourth-order valence-electron chi connectivity index (χ4n) is 3.17. The molecule has 0 saturated heterocycles. The summed E-state index contributed by atoms with van der Waals surface area (Å²) in [5.41, 5.74) is 7.86. The molecule has 6 heteroatoms. The summed E-state index contributed by atoms with van der Waals surface area (Å²) in [7, 11) is 0. The van der Waals surface area contributed by atoms with Gasteiger partial charge in [-0.2, -0.15) is 11.3 Å². The van der Waals surface area contributed by atoms with E-state index in [1.807, 2.05) is 65.4 Å². The molecule has 30 heavy (non-hydrogen) atoms. The molecule has 4 aromatic rings. The normalized spacial score (nSPS) is 11.5. The van der Waals surface area contributed by atoms with Gasteiger partial charge in [-0.05, 0) is 83.6 Å². The van der Waals surface area contributed by atoms with Crippen molar-refractivity contribution in [2.45, 2.75) is 0 Å². The third kappa shape index (κ3) is 4.91. The average Bonchev–Trinajstić information content (AvgIpc) is 3.50. The Labute approximate surface area is 191 Å². The Hall–Kier alpha value is -3.06. The van der Waals surface area contributed by atoms with Gasteiger partial charge in [0.1, 0.15) is 0 Å². The van der Waals surface area contributed by atoms with Gasteiger partial charge in [-0.25, -0.2) is 9.97 Å². The third-order valence-corrected chi connectivity index (χ3v) is 5.10. The molecule has 0 atom stereocenters. The van der Waals surface area contributed by atoms with Crippen LogP contribution >= 0.6 is 11.3 Å². The van der Waals surface area contributed by atoms with Crippen molar-refractivity contribution in [3.05, 3.63) is 94.2 Å². The standard InChI is InChI=1S/C20H14N4.C4H4S.Ga/c1-2-14-10-16-5-6-18(23-16)12-20-8-7-19(24-20)11-17-4-3-15(22-17)9-13(1)21-14;1-2-4-5-3-1;/h1-12,21-22H;1-4H;. The fraction of sp³-hybridized carbons (Fsp3) is 0. The molecule has 0 aromatic carbocycles. The second-order valence-corrected chi connectivity index (χ2v) is 7.51. The summed E-state index contributed by atoms with van der Waals surface area (Å²) in [6.45, 7) is 0. The van der Waals surface area contributed by atoms with Crippen LogP contribution in [0.3, 0.4) is 0 Å². The van der Waals surface area contributed by atoms with Crippen LogP contribution in [0.1, 0.15) is 22.8 Å². The van der Waals surface area contributed by atoms with Gasteiger partial charge in [0.05, 0.1) is 22.8 Å². The van der Waals surface area contributed by atoms with Gasteiger partial charge < -0.3 is 9.97 Å². The van der Waals surface area contributed by atoms with E-state index in [9.17, 15) is 0 Å². The summed E-state index contributed by atoms with van der Waals surface area (Å²) in [6, 6.07) is 20.4. The van der Waals surface area contributed by atoms with Crippen LogP contribution < -0.4 is 0 Å². The van der Waals surface area contributed by atoms with Crippen LogP contribution in [-0.2, 0) is 0 Å². The number of thiophene rings is 1. The van der Waals surface area contributed by atoms with Gasteiger partial charge in [0.25, 0.3) is 0 Å². The monoisotopic (exact) mass is 463 g/mol. The number of rotatable bonds is 0. The summed E-state index contributed by atoms with van der Waals surface area (Å²) in [5, 5.41) is 4.08. The molecule has 0 aliphatic carbocycles. The predicted octanol–water partition coefficient (Wildman–Crippen LogP) is 6.02. The zero-order valence-electron chi connectivity index (χ0n) is 16.1. The Morgan fingerprint density at radius 2 is 0.933 bits per heavy atom. The molecule has 6 heterocycles. The van der Waals surface area contributed by atoms with Crippen molar-refractivity contribution in [3.63, 3.8) is 0 Å². The number of nitrogens with one attached hydrogen (secondary N) is 2. The molecule has 0 saturated carbocycles. The fourth-order valence-corrected chi connectivity index (χ4v) is 3.62. The number of aromatic nitrogens is 4. The number of nitrogens with zero attached hydrogens (tertiary/aromatic N) is 2. The number of aromatic amines is 2. The van der Waals surface area contributed by atoms with E-state index in [0.717, 1.165) is 44.8 Å². The van der Waals surface area contributed by atoms with Crippen LogP contribution in [0.2, 0.25) is 0 Å². The summed E-state index contributed by atoms with van der Waals surface area (Å²) in [5.74, 6) is 0. The topological polar surface area (TPSA) is 57.4 Å². The minimum Gasteiger partial charge on any atom is -0.355 e. The molecular weight excluding hydrogens is 446 g/mol. The zero-order chi connectivity index (χ0) is 19.5. The first-order valence-electron chi connectivity index (χ1n) is 9.32. The van der Waals surface area contributed by atoms with E-state index in [-0.39, 0.29) is 19.8 Å². The number of hydrogen-bond donors (Lipinski definition) is 2. The molecule has 143 valence electrons. The van der Waals surface area contributed by atoms with Gasteiger partial charge >= 0.3 is 0 Å². The Kier molecular flexibility index (Phi) is 6.18. The van der Waals surface area contributed by atoms with Gasteiger partial charge in [-0.15, -0.1) is 0 Å². The molecule has 3 radical (unpaired) electrons. The molecule has 0 unspecified atom stereocenters. The van der Waals surface area contributed by atoms with E-state index < -0.39 is 0 Å². The molecule has 2 N–H and O–H groups in total. The van der Waals surface area contributed by atoms with Crippen molar-refractivity contribution >= 4 is 77.5 Å². The molecule has 0 spiro atoms. The summed E-state index contributed by atoms with van der Waals surface area (Å²) < 4.78 is 0. The Bertz CT molecular complexity index is 1250. The van der Waals surface area contributed by atoms with E-state index in [1.54, 1.807) is 11.3 Å². The number of fused-ring (bicyclic) bond motifs is 8. The molecule has 8 bridgehead atoms. The quantitative estimate of drug-likeness (QED) is 0.270. The Balaban J connectivity index is 0.000000321. The molecule has 0 amide bonds. The Morgan fingerprint density at radius 1 is 0.533 bits per heavy atom. The van der Waals surface area contributed by atoms with Crippen molar-refractivity contribution < 1.29 is 0 Å². The second-order valence-electron chi connectivity index (χ2n) is 6.70. The molecule has 2 aliphatic heterocycles. The summed E-state index contributed by atoms with van der Waals surface area (Å²) in [6.07, 6.45) is 8.05. The van der Waals surface area contributed by atoms with Crippen LogP contribution in [0.4, 0.5) is 0 Å². The van der Waals surface area contributed by atoms with Crippen LogP contribution in [0.15, 0.2) is 71.4 Å². The maximum Gasteiger partial charge on any atom is 0.0659 e. The molecule has 4 aromatic heterocycles. The first-order valence-corrected chi connectivity index (χ1v) is 10.3. The predicted molar refractivity (Wildman–Crippen MR) is 129 cm³/mol.